The van der Waals surface area contributed by atoms with Crippen LogP contribution in [0, 0.1) is 13.8 Å². The first kappa shape index (κ1) is 8.04. The molecule has 0 saturated heterocycles. The van der Waals surface area contributed by atoms with Crippen LogP contribution in [0.25, 0.3) is 5.52 Å². The SMILES string of the molecule is Cc1cc2c(=O)n(C)cc(C)n2n1. The van der Waals surface area contributed by atoms with Crippen LogP contribution < -0.4 is 5.56 Å². The number of rotatable bonds is 0. The zero-order valence-corrected chi connectivity index (χ0v) is 7.90. The fourth-order valence-corrected chi connectivity index (χ4v) is 1.49. The van der Waals surface area contributed by atoms with Crippen LogP contribution >= 0.6 is 0 Å². The van der Waals surface area contributed by atoms with Crippen molar-refractivity contribution >= 4 is 5.52 Å². The fraction of sp³-hybridized carbons (Fsp3) is 0.333. The Morgan fingerprint density at radius 3 is 2.77 bits per heavy atom. The van der Waals surface area contributed by atoms with E-state index in [1.807, 2.05) is 13.8 Å². The van der Waals surface area contributed by atoms with Gasteiger partial charge in [-0.2, -0.15) is 5.10 Å². The lowest BCUT2D eigenvalue weighted by Crippen LogP contribution is -2.19. The second-order valence-corrected chi connectivity index (χ2v) is 3.27. The second kappa shape index (κ2) is 2.45. The number of hydrogen-bond donors (Lipinski definition) is 0. The molecule has 0 aliphatic heterocycles. The van der Waals surface area contributed by atoms with Crippen molar-refractivity contribution in [2.24, 2.45) is 7.05 Å². The molecule has 0 N–H and O–H groups in total. The number of aromatic nitrogens is 3. The summed E-state index contributed by atoms with van der Waals surface area (Å²) in [6.07, 6.45) is 1.78. The van der Waals surface area contributed by atoms with Crippen molar-refractivity contribution in [3.63, 3.8) is 0 Å². The molecule has 2 aromatic heterocycles. The van der Waals surface area contributed by atoms with Crippen LogP contribution in [-0.4, -0.2) is 14.2 Å². The molecule has 0 saturated carbocycles. The van der Waals surface area contributed by atoms with Gasteiger partial charge in [-0.3, -0.25) is 4.79 Å². The lowest BCUT2D eigenvalue weighted by atomic mass is 10.4. The van der Waals surface area contributed by atoms with Crippen LogP contribution in [0.5, 0.6) is 0 Å². The standard InChI is InChI=1S/C9H11N3O/c1-6-4-8-9(13)11(3)5-7(2)12(8)10-6/h4-5H,1-3H3. The minimum Gasteiger partial charge on any atom is -0.315 e. The Morgan fingerprint density at radius 2 is 2.08 bits per heavy atom. The number of hydrogen-bond acceptors (Lipinski definition) is 2. The molecule has 0 unspecified atom stereocenters. The van der Waals surface area contributed by atoms with Gasteiger partial charge in [-0.25, -0.2) is 4.52 Å². The Hall–Kier alpha value is -1.58. The smallest absolute Gasteiger partial charge is 0.276 e. The summed E-state index contributed by atoms with van der Waals surface area (Å²) < 4.78 is 3.25. The van der Waals surface area contributed by atoms with E-state index in [4.69, 9.17) is 0 Å². The zero-order chi connectivity index (χ0) is 9.59. The quantitative estimate of drug-likeness (QED) is 0.592. The predicted octanol–water partition coefficient (Wildman–Crippen LogP) is 0.650. The molecule has 0 aromatic carbocycles. The number of nitrogens with zero attached hydrogens (tertiary/aromatic N) is 3. The molecule has 2 aromatic rings. The van der Waals surface area contributed by atoms with Crippen LogP contribution in [0.15, 0.2) is 17.1 Å². The van der Waals surface area contributed by atoms with Gasteiger partial charge in [0.05, 0.1) is 11.4 Å². The highest BCUT2D eigenvalue weighted by molar-refractivity contribution is 5.46. The lowest BCUT2D eigenvalue weighted by molar-refractivity contribution is 0.791. The largest absolute Gasteiger partial charge is 0.315 e. The first-order valence-corrected chi connectivity index (χ1v) is 4.12. The predicted molar refractivity (Wildman–Crippen MR) is 49.9 cm³/mol. The van der Waals surface area contributed by atoms with Gasteiger partial charge in [0.25, 0.3) is 5.56 Å². The van der Waals surface area contributed by atoms with E-state index in [0.717, 1.165) is 11.4 Å². The van der Waals surface area contributed by atoms with Gasteiger partial charge >= 0.3 is 0 Å². The summed E-state index contributed by atoms with van der Waals surface area (Å²) in [5, 5.41) is 4.22. The highest BCUT2D eigenvalue weighted by atomic mass is 16.1. The second-order valence-electron chi connectivity index (χ2n) is 3.27. The molecule has 0 aliphatic rings. The Bertz CT molecular complexity index is 521. The Labute approximate surface area is 75.4 Å². The topological polar surface area (TPSA) is 39.3 Å². The molecule has 2 heterocycles. The molecule has 0 amide bonds. The minimum absolute atomic E-state index is 0.00815. The Morgan fingerprint density at radius 1 is 1.38 bits per heavy atom. The average molecular weight is 177 g/mol. The van der Waals surface area contributed by atoms with Crippen molar-refractivity contribution in [2.75, 3.05) is 0 Å². The molecule has 13 heavy (non-hydrogen) atoms. The monoisotopic (exact) mass is 177 g/mol. The van der Waals surface area contributed by atoms with E-state index in [9.17, 15) is 4.79 Å². The molecule has 68 valence electrons. The van der Waals surface area contributed by atoms with Gasteiger partial charge in [-0.05, 0) is 19.9 Å². The van der Waals surface area contributed by atoms with E-state index in [-0.39, 0.29) is 5.56 Å². The van der Waals surface area contributed by atoms with Crippen LogP contribution in [0.3, 0.4) is 0 Å². The molecule has 2 rings (SSSR count). The van der Waals surface area contributed by atoms with Gasteiger partial charge in [0.1, 0.15) is 5.52 Å². The van der Waals surface area contributed by atoms with Crippen molar-refractivity contribution < 1.29 is 0 Å². The van der Waals surface area contributed by atoms with Crippen LogP contribution in [0.1, 0.15) is 11.4 Å². The fourth-order valence-electron chi connectivity index (χ4n) is 1.49. The van der Waals surface area contributed by atoms with E-state index >= 15 is 0 Å². The third kappa shape index (κ3) is 1.06. The molecule has 0 atom stereocenters. The summed E-state index contributed by atoms with van der Waals surface area (Å²) in [4.78, 5) is 11.6. The van der Waals surface area contributed by atoms with Crippen molar-refractivity contribution in [1.82, 2.24) is 14.2 Å². The van der Waals surface area contributed by atoms with E-state index < -0.39 is 0 Å². The summed E-state index contributed by atoms with van der Waals surface area (Å²) >= 11 is 0. The summed E-state index contributed by atoms with van der Waals surface area (Å²) in [7, 11) is 1.75. The van der Waals surface area contributed by atoms with E-state index in [1.165, 1.54) is 0 Å². The first-order chi connectivity index (χ1) is 6.09. The molecule has 4 nitrogen and oxygen atoms in total. The molecule has 0 radical (unpaired) electrons. The van der Waals surface area contributed by atoms with Crippen molar-refractivity contribution in [1.29, 1.82) is 0 Å². The van der Waals surface area contributed by atoms with Gasteiger partial charge in [0.2, 0.25) is 0 Å². The molecule has 0 bridgehead atoms. The highest BCUT2D eigenvalue weighted by Crippen LogP contribution is 2.03. The van der Waals surface area contributed by atoms with Crippen molar-refractivity contribution in [2.45, 2.75) is 13.8 Å². The zero-order valence-electron chi connectivity index (χ0n) is 7.90. The lowest BCUT2D eigenvalue weighted by Gasteiger charge is -2.01. The molecule has 0 fully saturated rings. The summed E-state index contributed by atoms with van der Waals surface area (Å²) in [5.74, 6) is 0. The summed E-state index contributed by atoms with van der Waals surface area (Å²) in [6, 6.07) is 1.80. The highest BCUT2D eigenvalue weighted by Gasteiger charge is 2.05. The van der Waals surface area contributed by atoms with Gasteiger partial charge in [0.15, 0.2) is 0 Å². The third-order valence-corrected chi connectivity index (χ3v) is 2.09. The molecular weight excluding hydrogens is 166 g/mol. The van der Waals surface area contributed by atoms with Crippen LogP contribution in [-0.2, 0) is 7.05 Å². The molecule has 0 spiro atoms. The minimum atomic E-state index is -0.00815. The third-order valence-electron chi connectivity index (χ3n) is 2.09. The van der Waals surface area contributed by atoms with E-state index in [1.54, 1.807) is 28.4 Å². The maximum atomic E-state index is 11.6. The summed E-state index contributed by atoms with van der Waals surface area (Å²) in [5.41, 5.74) is 2.46. The summed E-state index contributed by atoms with van der Waals surface area (Å²) in [6.45, 7) is 3.81. The maximum absolute atomic E-state index is 11.6. The first-order valence-electron chi connectivity index (χ1n) is 4.12. The average Bonchev–Trinajstić information content (AvgIpc) is 2.44. The van der Waals surface area contributed by atoms with Crippen molar-refractivity contribution in [3.8, 4) is 0 Å². The molecular formula is C9H11N3O. The van der Waals surface area contributed by atoms with Gasteiger partial charge < -0.3 is 4.57 Å². The van der Waals surface area contributed by atoms with Crippen molar-refractivity contribution in [3.05, 3.63) is 34.0 Å². The molecule has 4 heteroatoms. The van der Waals surface area contributed by atoms with Gasteiger partial charge in [-0.15, -0.1) is 0 Å². The number of aryl methyl sites for hydroxylation is 3. The van der Waals surface area contributed by atoms with E-state index in [0.29, 0.717) is 5.52 Å². The number of fused-ring (bicyclic) bond motifs is 1. The van der Waals surface area contributed by atoms with Crippen LogP contribution in [0.4, 0.5) is 0 Å². The normalized spacial score (nSPS) is 11.0. The molecule has 0 aliphatic carbocycles. The maximum Gasteiger partial charge on any atom is 0.276 e. The van der Waals surface area contributed by atoms with Crippen LogP contribution in [0.2, 0.25) is 0 Å². The van der Waals surface area contributed by atoms with Gasteiger partial charge in [0, 0.05) is 13.2 Å². The van der Waals surface area contributed by atoms with Gasteiger partial charge in [-0.1, -0.05) is 0 Å². The van der Waals surface area contributed by atoms with E-state index in [2.05, 4.69) is 5.10 Å². The Kier molecular flexibility index (Phi) is 1.52. The Balaban J connectivity index is 3.04.